The SMILES string of the molecule is Bc1c(B)c(B)c2c(c1B)c1c(B)c(-c3c(B)c(B)c4c(c3B)c3c(-c5ccccc5)c(B)c(B)c(B)c3n4-c3ccc(-c4ccccc4)cc3)c(B)c(B)c1n2-c1ccccc1. The third-order valence-corrected chi connectivity index (χ3v) is 15.5. The van der Waals surface area contributed by atoms with Crippen LogP contribution >= 0.6 is 0 Å². The molecule has 10 rings (SSSR count). The first-order chi connectivity index (χ1) is 30.3. The van der Waals surface area contributed by atoms with E-state index in [0.717, 1.165) is 0 Å². The van der Waals surface area contributed by atoms with Crippen LogP contribution in [-0.4, -0.2) is 111 Å². The molecule has 0 aliphatic heterocycles. The van der Waals surface area contributed by atoms with Crippen LogP contribution in [0, 0.1) is 0 Å². The lowest BCUT2D eigenvalue weighted by molar-refractivity contribution is 1.19. The van der Waals surface area contributed by atoms with Crippen molar-refractivity contribution in [3.05, 3.63) is 115 Å². The van der Waals surface area contributed by atoms with Gasteiger partial charge in [-0.15, -0.1) is 5.46 Å². The van der Waals surface area contributed by atoms with Gasteiger partial charge in [-0.05, 0) is 63.0 Å². The minimum absolute atomic E-state index is 1.18. The second kappa shape index (κ2) is 15.2. The molecule has 2 aromatic heterocycles. The zero-order chi connectivity index (χ0) is 44.3. The summed E-state index contributed by atoms with van der Waals surface area (Å²) in [6, 6.07) is 42.1. The van der Waals surface area contributed by atoms with Crippen molar-refractivity contribution in [2.75, 3.05) is 0 Å². The highest BCUT2D eigenvalue weighted by Gasteiger charge is 2.29. The van der Waals surface area contributed by atoms with Crippen molar-refractivity contribution in [2.24, 2.45) is 0 Å². The minimum Gasteiger partial charge on any atom is -0.310 e. The summed E-state index contributed by atoms with van der Waals surface area (Å²) < 4.78 is 5.18. The molecule has 0 radical (unpaired) electrons. The summed E-state index contributed by atoms with van der Waals surface area (Å²) >= 11 is 0. The largest absolute Gasteiger partial charge is 0.310 e. The van der Waals surface area contributed by atoms with Crippen molar-refractivity contribution in [2.45, 2.75) is 0 Å². The highest BCUT2D eigenvalue weighted by Crippen LogP contribution is 2.37. The zero-order valence-electron chi connectivity index (χ0n) is 39.4. The molecule has 0 amide bonds. The van der Waals surface area contributed by atoms with Crippen LogP contribution in [0.1, 0.15) is 0 Å². The van der Waals surface area contributed by atoms with E-state index >= 15 is 0 Å². The Morgan fingerprint density at radius 2 is 0.540 bits per heavy atom. The topological polar surface area (TPSA) is 9.86 Å². The van der Waals surface area contributed by atoms with Gasteiger partial charge in [-0.2, -0.15) is 0 Å². The second-order valence-corrected chi connectivity index (χ2v) is 18.4. The van der Waals surface area contributed by atoms with E-state index in [2.05, 4.69) is 226 Å². The van der Waals surface area contributed by atoms with Gasteiger partial charge in [0.1, 0.15) is 102 Å². The Hall–Kier alpha value is -5.80. The number of fused-ring (bicyclic) bond motifs is 6. The molecule has 0 N–H and O–H groups in total. The van der Waals surface area contributed by atoms with Gasteiger partial charge in [-0.3, -0.25) is 0 Å². The number of benzene rings is 8. The Morgan fingerprint density at radius 3 is 1.03 bits per heavy atom. The van der Waals surface area contributed by atoms with Gasteiger partial charge in [0.05, 0.1) is 0 Å². The molecule has 2 heterocycles. The lowest BCUT2D eigenvalue weighted by atomic mass is 9.61. The van der Waals surface area contributed by atoms with Crippen LogP contribution in [0.4, 0.5) is 0 Å². The number of aromatic nitrogens is 2. The standard InChI is InChI=1S/C48H45B13N2/c49-32-27(28-33(50)30-31-37(54)38(55)40(57)44(61)48(31)62(23-14-8-3-9-15-23)47(30)42(59)36(28)53)35(52)41(58)46-29(32)26-25(22-12-6-2-7-13-22)34(51)39(56)43(60)45(26)63(46)24-18-16-21(17-19-24)20-10-4-1-5-11-20/h1-19H,49-61H2. The predicted octanol–water partition coefficient (Wildman–Crippen LogP) is -9.76. The molecule has 15 heteroatoms. The molecule has 286 valence electrons. The van der Waals surface area contributed by atoms with Crippen molar-refractivity contribution in [3.8, 4) is 44.8 Å². The summed E-state index contributed by atoms with van der Waals surface area (Å²) in [5.41, 5.74) is 33.0. The maximum atomic E-state index is 2.60. The molecular formula is C48H45B13N2. The molecule has 0 saturated carbocycles. The van der Waals surface area contributed by atoms with Gasteiger partial charge in [0, 0.05) is 49.6 Å². The quantitative estimate of drug-likeness (QED) is 0.154. The third kappa shape index (κ3) is 5.84. The maximum absolute atomic E-state index is 2.60. The van der Waals surface area contributed by atoms with Crippen LogP contribution in [0.2, 0.25) is 0 Å². The van der Waals surface area contributed by atoms with Gasteiger partial charge in [-0.25, -0.2) is 0 Å². The number of nitrogens with zero attached hydrogens (tertiary/aromatic N) is 2. The summed E-state index contributed by atoms with van der Waals surface area (Å²) in [5.74, 6) is 0. The molecule has 0 aliphatic rings. The summed E-state index contributed by atoms with van der Waals surface area (Å²) in [4.78, 5) is 0. The van der Waals surface area contributed by atoms with Crippen LogP contribution in [-0.2, 0) is 0 Å². The summed E-state index contributed by atoms with van der Waals surface area (Å²) in [7, 11) is 30.6. The molecule has 0 atom stereocenters. The van der Waals surface area contributed by atoms with Crippen LogP contribution in [0.3, 0.4) is 0 Å². The number of hydrogen-bond acceptors (Lipinski definition) is 0. The molecule has 8 aromatic carbocycles. The number of hydrogen-bond donors (Lipinski definition) is 0. The van der Waals surface area contributed by atoms with Crippen molar-refractivity contribution in [1.82, 2.24) is 9.13 Å². The van der Waals surface area contributed by atoms with Crippen molar-refractivity contribution < 1.29 is 0 Å². The fourth-order valence-electron chi connectivity index (χ4n) is 11.5. The van der Waals surface area contributed by atoms with Crippen LogP contribution < -0.4 is 71.0 Å². The summed E-state index contributed by atoms with van der Waals surface area (Å²) in [6.45, 7) is 0. The van der Waals surface area contributed by atoms with E-state index < -0.39 is 0 Å². The molecular weight excluding hydrogens is 745 g/mol. The van der Waals surface area contributed by atoms with Crippen molar-refractivity contribution in [1.29, 1.82) is 0 Å². The van der Waals surface area contributed by atoms with Crippen molar-refractivity contribution >= 4 is 217 Å². The fraction of sp³-hybridized carbons (Fsp3) is 0. The summed E-state index contributed by atoms with van der Waals surface area (Å²) in [6.07, 6.45) is 0. The van der Waals surface area contributed by atoms with Gasteiger partial charge >= 0.3 is 0 Å². The van der Waals surface area contributed by atoms with Gasteiger partial charge in [0.15, 0.2) is 0 Å². The smallest absolute Gasteiger partial charge is 0.141 e. The third-order valence-electron chi connectivity index (χ3n) is 15.5. The highest BCUT2D eigenvalue weighted by molar-refractivity contribution is 6.71. The first kappa shape index (κ1) is 41.2. The molecule has 0 aliphatic carbocycles. The zero-order valence-corrected chi connectivity index (χ0v) is 39.4. The Labute approximate surface area is 383 Å². The van der Waals surface area contributed by atoms with Gasteiger partial charge in [0.2, 0.25) is 0 Å². The van der Waals surface area contributed by atoms with E-state index in [1.165, 1.54) is 159 Å². The molecule has 0 unspecified atom stereocenters. The van der Waals surface area contributed by atoms with Crippen LogP contribution in [0.25, 0.3) is 88.4 Å². The molecule has 0 saturated heterocycles. The first-order valence-corrected chi connectivity index (χ1v) is 22.6. The fourth-order valence-corrected chi connectivity index (χ4v) is 11.5. The molecule has 0 bridgehead atoms. The van der Waals surface area contributed by atoms with E-state index in [9.17, 15) is 0 Å². The maximum Gasteiger partial charge on any atom is 0.141 e. The normalized spacial score (nSPS) is 11.7. The summed E-state index contributed by atoms with van der Waals surface area (Å²) in [5, 5.41) is 5.45. The van der Waals surface area contributed by atoms with E-state index in [1.807, 2.05) is 0 Å². The monoisotopic (exact) mass is 792 g/mol. The predicted molar refractivity (Wildman–Crippen MR) is 318 cm³/mol. The molecule has 63 heavy (non-hydrogen) atoms. The molecule has 2 nitrogen and oxygen atoms in total. The minimum atomic E-state index is 1.18. The Balaban J connectivity index is 1.39. The van der Waals surface area contributed by atoms with Gasteiger partial charge in [0.25, 0.3) is 0 Å². The van der Waals surface area contributed by atoms with Crippen LogP contribution in [0.15, 0.2) is 115 Å². The van der Waals surface area contributed by atoms with E-state index in [-0.39, 0.29) is 0 Å². The Kier molecular flexibility index (Phi) is 9.94. The van der Waals surface area contributed by atoms with E-state index in [4.69, 9.17) is 0 Å². The van der Waals surface area contributed by atoms with Gasteiger partial charge < -0.3 is 9.13 Å². The molecule has 0 spiro atoms. The van der Waals surface area contributed by atoms with E-state index in [0.29, 0.717) is 0 Å². The number of rotatable bonds is 5. The van der Waals surface area contributed by atoms with Crippen molar-refractivity contribution in [3.63, 3.8) is 0 Å². The first-order valence-electron chi connectivity index (χ1n) is 22.6. The average Bonchev–Trinajstić information content (AvgIpc) is 3.86. The Bertz CT molecular complexity index is 3570. The lowest BCUT2D eigenvalue weighted by Crippen LogP contribution is -2.48. The lowest BCUT2D eigenvalue weighted by Gasteiger charge is -2.24. The molecule has 0 fully saturated rings. The van der Waals surface area contributed by atoms with Crippen LogP contribution in [0.5, 0.6) is 0 Å². The average molecular weight is 790 g/mol. The highest BCUT2D eigenvalue weighted by atomic mass is 15.0. The Morgan fingerprint density at radius 1 is 0.222 bits per heavy atom. The van der Waals surface area contributed by atoms with E-state index in [1.54, 1.807) is 0 Å². The second-order valence-electron chi connectivity index (χ2n) is 18.4. The van der Waals surface area contributed by atoms with Gasteiger partial charge in [-0.1, -0.05) is 157 Å². The number of para-hydroxylation sites is 1. The molecule has 10 aromatic rings.